The molecule has 26 heavy (non-hydrogen) atoms. The Kier molecular flexibility index (Phi) is 191. The average Bonchev–Trinajstić information content (AvgIpc) is 2.49. The van der Waals surface area contributed by atoms with E-state index in [9.17, 15) is 9.59 Å². The van der Waals surface area contributed by atoms with Crippen molar-refractivity contribution in [1.82, 2.24) is 0 Å². The van der Waals surface area contributed by atoms with Crippen LogP contribution in [0.25, 0.3) is 11.5 Å². The zero-order chi connectivity index (χ0) is 18.1. The average molecular weight is 617 g/mol. The molecule has 0 saturated carbocycles. The van der Waals surface area contributed by atoms with Gasteiger partial charge < -0.3 is 33.9 Å². The van der Waals surface area contributed by atoms with Gasteiger partial charge in [-0.25, -0.2) is 0 Å². The van der Waals surface area contributed by atoms with E-state index >= 15 is 0 Å². The van der Waals surface area contributed by atoms with Gasteiger partial charge in [-0.05, 0) is 12.8 Å². The number of unbranched alkanes of at least 4 members (excludes halogenated alkanes) is 2. The smallest absolute Gasteiger partial charge is 0 e. The van der Waals surface area contributed by atoms with E-state index in [1.807, 2.05) is 0 Å². The summed E-state index contributed by atoms with van der Waals surface area (Å²) in [5.41, 5.74) is 12.4. The van der Waals surface area contributed by atoms with Gasteiger partial charge in [0, 0.05) is 98.7 Å². The van der Waals surface area contributed by atoms with E-state index in [0.717, 1.165) is 0 Å². The maximum Gasteiger partial charge on any atom is 2.00 e. The first-order valence-corrected chi connectivity index (χ1v) is 11.1. The van der Waals surface area contributed by atoms with E-state index in [4.69, 9.17) is 30.1 Å². The molecule has 2 amide bonds. The van der Waals surface area contributed by atoms with Crippen molar-refractivity contribution < 1.29 is 135 Å². The summed E-state index contributed by atoms with van der Waals surface area (Å²) >= 11 is -0.556. The Bertz CT molecular complexity index is 179. The van der Waals surface area contributed by atoms with Crippen molar-refractivity contribution in [3.63, 3.8) is 0 Å². The minimum absolute atomic E-state index is 0. The molecule has 0 atom stereocenters. The first kappa shape index (κ1) is 63.0. The van der Waals surface area contributed by atoms with E-state index in [1.54, 1.807) is 13.8 Å². The van der Waals surface area contributed by atoms with E-state index in [1.165, 1.54) is 12.8 Å². The summed E-state index contributed by atoms with van der Waals surface area (Å²) in [5, 5.41) is 0. The molecule has 0 aromatic carbocycles. The number of amides is 2. The number of hydrogen-bond donors (Lipinski definition) is 0. The zero-order valence-corrected chi connectivity index (χ0v) is 27.4. The van der Waals surface area contributed by atoms with Gasteiger partial charge in [-0.1, -0.05) is 27.7 Å². The molecule has 0 heterocycles. The molecule has 0 aliphatic heterocycles. The number of carbonyl (C=O) groups excluding carboxylic acids is 2. The zero-order valence-electron chi connectivity index (χ0n) is 16.6. The topological polar surface area (TPSA) is 81.7 Å². The molecule has 0 bridgehead atoms. The summed E-state index contributed by atoms with van der Waals surface area (Å²) < 4.78 is 0. The molecule has 0 radical (unpaired) electrons. The predicted octanol–water partition coefficient (Wildman–Crippen LogP) is 6.56. The number of nitrogens with one attached hydrogen (secondary N) is 2. The van der Waals surface area contributed by atoms with Crippen molar-refractivity contribution in [2.75, 3.05) is 0 Å². The molecule has 0 rings (SSSR count). The maximum atomic E-state index is 9.48. The van der Waals surface area contributed by atoms with Crippen LogP contribution in [0.5, 0.6) is 0 Å². The van der Waals surface area contributed by atoms with Crippen molar-refractivity contribution in [2.45, 2.75) is 67.2 Å². The second-order valence-corrected chi connectivity index (χ2v) is 5.84. The Hall–Kier alpha value is 3.81. The van der Waals surface area contributed by atoms with E-state index < -0.39 is 28.8 Å². The molecule has 12 heteroatoms. The SMILES string of the molecule is CCC([NH-])=O.CCC([NH-])=O.C[CH-]CC.C[CH-]CC.[Cl][Ti][Cl].[Ti+2].[Ti].[Ti].[Ti].[Ti]. The number of halogens is 2. The summed E-state index contributed by atoms with van der Waals surface area (Å²) in [7, 11) is 9.78. The third-order valence-electron chi connectivity index (χ3n) is 1.46. The molecule has 0 fully saturated rings. The molecule has 0 aliphatic carbocycles. The Balaban J connectivity index is -0.0000000148. The van der Waals surface area contributed by atoms with Gasteiger partial charge in [0.1, 0.15) is 0 Å². The molecule has 0 aromatic rings. The van der Waals surface area contributed by atoms with Crippen molar-refractivity contribution >= 4 is 30.4 Å². The van der Waals surface area contributed by atoms with Crippen LogP contribution in [0, 0.1) is 12.8 Å². The van der Waals surface area contributed by atoms with Crippen LogP contribution < -0.4 is 0 Å². The summed E-state index contributed by atoms with van der Waals surface area (Å²) in [5.74, 6) is -0.991. The second-order valence-electron chi connectivity index (χ2n) is 3.26. The van der Waals surface area contributed by atoms with Crippen LogP contribution in [-0.2, 0) is 135 Å². The van der Waals surface area contributed by atoms with Gasteiger partial charge in [0.15, 0.2) is 0 Å². The van der Waals surface area contributed by atoms with Crippen molar-refractivity contribution in [1.29, 1.82) is 0 Å². The fraction of sp³-hybridized carbons (Fsp3) is 0.714. The summed E-state index contributed by atoms with van der Waals surface area (Å²) in [4.78, 5) is 19.0. The fourth-order valence-electron chi connectivity index (χ4n) is 0. The van der Waals surface area contributed by atoms with Gasteiger partial charge in [0.05, 0.1) is 0 Å². The van der Waals surface area contributed by atoms with Crippen molar-refractivity contribution in [3.05, 3.63) is 24.3 Å². The van der Waals surface area contributed by atoms with Crippen LogP contribution in [0.15, 0.2) is 0 Å². The number of carbonyl (C=O) groups is 2. The van der Waals surface area contributed by atoms with Crippen LogP contribution in [0.2, 0.25) is 0 Å². The fourth-order valence-corrected chi connectivity index (χ4v) is 0. The monoisotopic (exact) mass is 616 g/mol. The Morgan fingerprint density at radius 3 is 0.846 bits per heavy atom. The second kappa shape index (κ2) is 78.9. The first-order chi connectivity index (χ1) is 9.78. The molecular weight excluding hydrogens is 586 g/mol. The maximum absolute atomic E-state index is 9.48. The van der Waals surface area contributed by atoms with Crippen LogP contribution in [-0.4, -0.2) is 11.8 Å². The molecule has 0 aliphatic rings. The van der Waals surface area contributed by atoms with E-state index in [-0.39, 0.29) is 109 Å². The van der Waals surface area contributed by atoms with Gasteiger partial charge >= 0.3 is 57.4 Å². The van der Waals surface area contributed by atoms with Crippen LogP contribution in [0.4, 0.5) is 0 Å². The molecule has 148 valence electrons. The summed E-state index contributed by atoms with van der Waals surface area (Å²) in [6, 6.07) is 0. The number of rotatable bonds is 4. The standard InChI is InChI=1S/2C4H9.2C3H7NO.2ClH.6Ti/c2*1-3-4-2;2*1-2-3(4)5;;;;;;;;/h2*3H,4H2,1-2H3;2*2H2,1H3,(H2,4,5);2*1H;;;;;;/q2*-1;;;;;;;;;2*+2/p-4. The Morgan fingerprint density at radius 1 is 0.769 bits per heavy atom. The Morgan fingerprint density at radius 2 is 0.846 bits per heavy atom. The Labute approximate surface area is 253 Å². The minimum Gasteiger partial charge on any atom is 0 e. The largest absolute Gasteiger partial charge is 2.00 e. The van der Waals surface area contributed by atoms with E-state index in [2.05, 4.69) is 40.5 Å². The molecule has 4 nitrogen and oxygen atoms in total. The van der Waals surface area contributed by atoms with Crippen molar-refractivity contribution in [2.24, 2.45) is 0 Å². The van der Waals surface area contributed by atoms with Crippen LogP contribution >= 0.6 is 18.6 Å². The number of hydrogen-bond acceptors (Lipinski definition) is 2. The van der Waals surface area contributed by atoms with Gasteiger partial charge in [-0.15, -0.1) is 0 Å². The molecule has 2 N–H and O–H groups in total. The molecule has 0 spiro atoms. The molecule has 0 aromatic heterocycles. The van der Waals surface area contributed by atoms with Gasteiger partial charge in [0.2, 0.25) is 0 Å². The van der Waals surface area contributed by atoms with Crippen LogP contribution in [0.3, 0.4) is 0 Å². The molecule has 0 unspecified atom stereocenters. The summed E-state index contributed by atoms with van der Waals surface area (Å²) in [6.07, 6.45) is 7.31. The quantitative estimate of drug-likeness (QED) is 0.265. The third kappa shape index (κ3) is 208. The normalized spacial score (nSPS) is 5.69. The van der Waals surface area contributed by atoms with Gasteiger partial charge in [-0.2, -0.15) is 26.7 Å². The minimum atomic E-state index is -0.556. The van der Waals surface area contributed by atoms with E-state index in [0.29, 0.717) is 12.8 Å². The van der Waals surface area contributed by atoms with Crippen molar-refractivity contribution in [3.8, 4) is 0 Å². The van der Waals surface area contributed by atoms with Gasteiger partial charge in [-0.3, -0.25) is 0 Å². The third-order valence-corrected chi connectivity index (χ3v) is 1.46. The van der Waals surface area contributed by atoms with Gasteiger partial charge in [0.25, 0.3) is 0 Å². The predicted molar refractivity (Wildman–Crippen MR) is 91.5 cm³/mol. The molecule has 0 saturated heterocycles. The first-order valence-electron chi connectivity index (χ1n) is 6.79. The van der Waals surface area contributed by atoms with Crippen LogP contribution in [0.1, 0.15) is 67.2 Å². The molecular formula is C14H30Cl2N2O2Ti6-2. The summed E-state index contributed by atoms with van der Waals surface area (Å²) in [6.45, 7) is 11.7.